The molecule has 2 saturated heterocycles. The number of likely N-dealkylation sites (tertiary alicyclic amines) is 2. The zero-order valence-corrected chi connectivity index (χ0v) is 32.1. The maximum atomic E-state index is 14.6. The Balaban J connectivity index is 0.000000361. The predicted octanol–water partition coefficient (Wildman–Crippen LogP) is 1.78. The number of halogens is 2. The van der Waals surface area contributed by atoms with Crippen molar-refractivity contribution in [2.45, 2.75) is 110 Å². The molecule has 53 heavy (non-hydrogen) atoms. The summed E-state index contributed by atoms with van der Waals surface area (Å²) < 4.78 is 43.8. The first-order valence-corrected chi connectivity index (χ1v) is 17.3. The van der Waals surface area contributed by atoms with Crippen molar-refractivity contribution >= 4 is 35.8 Å². The zero-order chi connectivity index (χ0) is 38.7. The van der Waals surface area contributed by atoms with E-state index in [1.807, 2.05) is 11.0 Å². The second kappa shape index (κ2) is 19.5. The average Bonchev–Trinajstić information content (AvgIpc) is 3.02. The minimum absolute atomic E-state index is 0. The molecular weight excluding hydrogens is 689 g/mol. The Morgan fingerprint density at radius 1 is 0.755 bits per heavy atom. The Labute approximate surface area is 321 Å². The summed E-state index contributed by atoms with van der Waals surface area (Å²) in [7, 11) is 0. The third-order valence-electron chi connectivity index (χ3n) is 8.02. The van der Waals surface area contributed by atoms with Gasteiger partial charge in [0.15, 0.2) is 5.67 Å². The van der Waals surface area contributed by atoms with Crippen LogP contribution in [0.2, 0.25) is 0 Å². The van der Waals surface area contributed by atoms with E-state index in [0.29, 0.717) is 50.9 Å². The fourth-order valence-electron chi connectivity index (χ4n) is 5.41. The predicted molar refractivity (Wildman–Crippen MR) is 187 cm³/mol. The first kappa shape index (κ1) is 45.3. The molecule has 2 aromatic rings. The summed E-state index contributed by atoms with van der Waals surface area (Å²) >= 11 is 0. The van der Waals surface area contributed by atoms with E-state index >= 15 is 0 Å². The summed E-state index contributed by atoms with van der Waals surface area (Å²) in [5.74, 6) is -1.65. The largest absolute Gasteiger partial charge is 1.00 e. The number of hydrogen-bond donors (Lipinski definition) is 2. The molecule has 2 aliphatic rings. The zero-order valence-electron chi connectivity index (χ0n) is 32.1. The molecule has 14 nitrogen and oxygen atoms in total. The van der Waals surface area contributed by atoms with Crippen molar-refractivity contribution < 1.29 is 66.1 Å². The number of aliphatic carboxylic acids is 1. The van der Waals surface area contributed by atoms with Gasteiger partial charge in [-0.3, -0.25) is 20.4 Å². The number of nitrogens with one attached hydrogen (secondary N) is 2. The average molecular weight is 741 g/mol. The molecule has 2 aliphatic heterocycles. The Morgan fingerprint density at radius 2 is 1.13 bits per heavy atom. The van der Waals surface area contributed by atoms with Crippen LogP contribution >= 0.6 is 0 Å². The minimum Gasteiger partial charge on any atom is -0.547 e. The maximum Gasteiger partial charge on any atom is 1.00 e. The van der Waals surface area contributed by atoms with Crippen LogP contribution in [0.1, 0.15) is 85.3 Å². The van der Waals surface area contributed by atoms with Gasteiger partial charge in [0, 0.05) is 64.5 Å². The van der Waals surface area contributed by atoms with E-state index in [1.54, 1.807) is 79.1 Å². The van der Waals surface area contributed by atoms with Crippen LogP contribution in [0.3, 0.4) is 0 Å². The number of esters is 1. The van der Waals surface area contributed by atoms with Gasteiger partial charge in [-0.05, 0) is 96.7 Å². The van der Waals surface area contributed by atoms with Crippen LogP contribution in [0, 0.1) is 0 Å². The van der Waals surface area contributed by atoms with Crippen molar-refractivity contribution in [3.8, 4) is 0 Å². The maximum absolute atomic E-state index is 14.6. The van der Waals surface area contributed by atoms with Crippen molar-refractivity contribution in [3.05, 3.63) is 47.8 Å². The van der Waals surface area contributed by atoms with Crippen LogP contribution in [-0.2, 0) is 36.9 Å². The first-order valence-electron chi connectivity index (χ1n) is 17.3. The minimum atomic E-state index is -2.24. The molecule has 0 spiro atoms. The molecule has 17 heteroatoms. The SMILES string of the molecule is CC(C)(C)OC(=O)Nc1cc(CN2CCC(F)(C(=O)[O-])CC2)ccn1.CCOC(=O)C1(F)CCN(Cc2ccnc(NC(=O)OC(C)(C)C)c2)CC1.[Li+]. The molecular formula is C36H51F2LiN6O8. The number of pyridine rings is 2. The molecule has 0 radical (unpaired) electrons. The first-order chi connectivity index (χ1) is 24.2. The molecule has 0 aromatic carbocycles. The molecule has 0 saturated carbocycles. The standard InChI is InChI=1S/C19H28FN3O4.C17H24FN3O4.Li/c1-5-26-16(24)19(20)7-10-23(11-8-19)13-14-6-9-21-15(12-14)22-17(25)27-18(2,3)4;1-16(2,3)25-15(24)20-13-10-12(4-7-19-13)11-21-8-5-17(18,6-9-21)14(22)23;/h6,9,12H,5,7-8,10-11,13H2,1-4H3,(H,21,22,25);4,7,10H,5-6,8-9,11H2,1-3H3,(H,22,23)(H,19,20,24);/q;;+1/p-1. The number of piperidine rings is 2. The van der Waals surface area contributed by atoms with Gasteiger partial charge in [-0.1, -0.05) is 0 Å². The van der Waals surface area contributed by atoms with Crippen molar-refractivity contribution in [3.63, 3.8) is 0 Å². The quantitative estimate of drug-likeness (QED) is 0.217. The van der Waals surface area contributed by atoms with Crippen LogP contribution in [0.25, 0.3) is 0 Å². The summed E-state index contributed by atoms with van der Waals surface area (Å²) in [6.07, 6.45) is 2.04. The second-order valence-corrected chi connectivity index (χ2v) is 14.8. The number of carbonyl (C=O) groups is 4. The molecule has 0 bridgehead atoms. The molecule has 0 aliphatic carbocycles. The summed E-state index contributed by atoms with van der Waals surface area (Å²) in [5.41, 5.74) is -3.52. The van der Waals surface area contributed by atoms with Gasteiger partial charge in [-0.25, -0.2) is 33.1 Å². The molecule has 2 aromatic heterocycles. The van der Waals surface area contributed by atoms with Gasteiger partial charge < -0.3 is 24.1 Å². The van der Waals surface area contributed by atoms with Gasteiger partial charge >= 0.3 is 37.0 Å². The van der Waals surface area contributed by atoms with E-state index < -0.39 is 46.7 Å². The topological polar surface area (TPSA) is 175 Å². The molecule has 4 rings (SSSR count). The van der Waals surface area contributed by atoms with Crippen LogP contribution in [0.5, 0.6) is 0 Å². The number of amides is 2. The number of carboxylic acids is 1. The van der Waals surface area contributed by atoms with E-state index in [9.17, 15) is 33.1 Å². The van der Waals surface area contributed by atoms with Gasteiger partial charge in [0.25, 0.3) is 0 Å². The number of rotatable bonds is 9. The number of aromatic nitrogens is 2. The van der Waals surface area contributed by atoms with Crippen LogP contribution in [-0.4, -0.2) is 99.2 Å². The number of nitrogens with zero attached hydrogens (tertiary/aromatic N) is 4. The molecule has 4 heterocycles. The Kier molecular flexibility index (Phi) is 16.7. The van der Waals surface area contributed by atoms with Gasteiger partial charge in [0.1, 0.15) is 22.8 Å². The van der Waals surface area contributed by atoms with E-state index in [2.05, 4.69) is 25.5 Å². The van der Waals surface area contributed by atoms with Crippen molar-refractivity contribution in [2.24, 2.45) is 0 Å². The number of ether oxygens (including phenoxy) is 3. The van der Waals surface area contributed by atoms with Crippen LogP contribution < -0.4 is 34.6 Å². The van der Waals surface area contributed by atoms with Gasteiger partial charge in [-0.15, -0.1) is 0 Å². The Bertz CT molecular complexity index is 1540. The molecule has 2 fully saturated rings. The summed E-state index contributed by atoms with van der Waals surface area (Å²) in [5, 5.41) is 16.0. The van der Waals surface area contributed by atoms with Crippen molar-refractivity contribution in [1.82, 2.24) is 19.8 Å². The fraction of sp³-hybridized carbons (Fsp3) is 0.611. The molecule has 0 unspecified atom stereocenters. The summed E-state index contributed by atoms with van der Waals surface area (Å²) in [4.78, 5) is 58.4. The number of anilines is 2. The van der Waals surface area contributed by atoms with E-state index in [-0.39, 0.29) is 51.2 Å². The van der Waals surface area contributed by atoms with E-state index in [4.69, 9.17) is 14.2 Å². The van der Waals surface area contributed by atoms with Crippen molar-refractivity contribution in [1.29, 1.82) is 0 Å². The van der Waals surface area contributed by atoms with Crippen LogP contribution in [0.15, 0.2) is 36.7 Å². The molecule has 2 amide bonds. The smallest absolute Gasteiger partial charge is 0.547 e. The van der Waals surface area contributed by atoms with Crippen molar-refractivity contribution in [2.75, 3.05) is 43.4 Å². The third-order valence-corrected chi connectivity index (χ3v) is 8.02. The van der Waals surface area contributed by atoms with E-state index in [1.165, 1.54) is 0 Å². The normalized spacial score (nSPS) is 17.2. The molecule has 288 valence electrons. The Hall–Kier alpha value is -3.84. The van der Waals surface area contributed by atoms with Gasteiger partial charge in [0.05, 0.1) is 12.6 Å². The summed E-state index contributed by atoms with van der Waals surface area (Å²) in [6, 6.07) is 7.09. The van der Waals surface area contributed by atoms with Crippen LogP contribution in [0.4, 0.5) is 30.0 Å². The number of alkyl halides is 2. The fourth-order valence-corrected chi connectivity index (χ4v) is 5.41. The number of hydrogen-bond acceptors (Lipinski definition) is 12. The summed E-state index contributed by atoms with van der Waals surface area (Å²) in [6.45, 7) is 15.1. The number of carboxylic acid groups (broad SMARTS) is 1. The monoisotopic (exact) mass is 740 g/mol. The molecule has 2 N–H and O–H groups in total. The number of carbonyl (C=O) groups excluding carboxylic acids is 4. The third kappa shape index (κ3) is 15.6. The van der Waals surface area contributed by atoms with E-state index in [0.717, 1.165) is 11.1 Å². The van der Waals surface area contributed by atoms with Gasteiger partial charge in [0.2, 0.25) is 5.67 Å². The second-order valence-electron chi connectivity index (χ2n) is 14.8. The molecule has 0 atom stereocenters. The van der Waals surface area contributed by atoms with Gasteiger partial charge in [-0.2, -0.15) is 0 Å². The Morgan fingerprint density at radius 3 is 1.47 bits per heavy atom.